The fourth-order valence-corrected chi connectivity index (χ4v) is 2.78. The lowest BCUT2D eigenvalue weighted by Gasteiger charge is -2.10. The SMILES string of the molecule is Nc1[nH]c(=O)[nH]c(=O)c1-c1cc2nccnc2c2ccccc12. The standard InChI is InChI=1S/C16H11N5O2/c17-14-12(15(22)21-16(23)20-14)10-7-11-13(19-6-5-18-11)9-4-2-1-3-8(9)10/h1-7H,(H4,17,20,21,22,23). The summed E-state index contributed by atoms with van der Waals surface area (Å²) in [5.74, 6) is 0.0205. The molecule has 0 aliphatic heterocycles. The van der Waals surface area contributed by atoms with E-state index in [1.165, 1.54) is 0 Å². The molecular weight excluding hydrogens is 294 g/mol. The molecule has 4 rings (SSSR count). The van der Waals surface area contributed by atoms with Gasteiger partial charge in [0.05, 0.1) is 16.6 Å². The summed E-state index contributed by atoms with van der Waals surface area (Å²) in [6.07, 6.45) is 3.21. The van der Waals surface area contributed by atoms with Gasteiger partial charge >= 0.3 is 5.69 Å². The number of nitrogens with zero attached hydrogens (tertiary/aromatic N) is 2. The maximum atomic E-state index is 12.2. The highest BCUT2D eigenvalue weighted by atomic mass is 16.2. The number of hydrogen-bond acceptors (Lipinski definition) is 5. The van der Waals surface area contributed by atoms with Gasteiger partial charge in [-0.25, -0.2) is 4.79 Å². The highest BCUT2D eigenvalue weighted by Crippen LogP contribution is 2.33. The third-order valence-corrected chi connectivity index (χ3v) is 3.72. The molecule has 0 aliphatic carbocycles. The van der Waals surface area contributed by atoms with E-state index in [0.29, 0.717) is 11.1 Å². The van der Waals surface area contributed by atoms with Crippen molar-refractivity contribution in [2.75, 3.05) is 5.73 Å². The zero-order valence-corrected chi connectivity index (χ0v) is 11.8. The highest BCUT2D eigenvalue weighted by molar-refractivity contribution is 6.11. The van der Waals surface area contributed by atoms with Crippen molar-refractivity contribution in [3.05, 3.63) is 63.6 Å². The van der Waals surface area contributed by atoms with E-state index in [0.717, 1.165) is 16.3 Å². The molecule has 0 saturated heterocycles. The highest BCUT2D eigenvalue weighted by Gasteiger charge is 2.15. The van der Waals surface area contributed by atoms with Crippen LogP contribution in [0.4, 0.5) is 5.82 Å². The second kappa shape index (κ2) is 4.77. The van der Waals surface area contributed by atoms with E-state index in [9.17, 15) is 9.59 Å². The third-order valence-electron chi connectivity index (χ3n) is 3.72. The quantitative estimate of drug-likeness (QED) is 0.460. The summed E-state index contributed by atoms with van der Waals surface area (Å²) in [7, 11) is 0. The lowest BCUT2D eigenvalue weighted by atomic mass is 9.98. The Labute approximate surface area is 128 Å². The third kappa shape index (κ3) is 1.98. The van der Waals surface area contributed by atoms with Crippen molar-refractivity contribution in [1.29, 1.82) is 0 Å². The smallest absolute Gasteiger partial charge is 0.327 e. The Hall–Kier alpha value is -3.48. The number of hydrogen-bond donors (Lipinski definition) is 3. The molecule has 0 atom stereocenters. The largest absolute Gasteiger partial charge is 0.384 e. The molecule has 0 saturated carbocycles. The van der Waals surface area contributed by atoms with Crippen molar-refractivity contribution in [1.82, 2.24) is 19.9 Å². The van der Waals surface area contributed by atoms with Crippen LogP contribution >= 0.6 is 0 Å². The van der Waals surface area contributed by atoms with Crippen LogP contribution in [-0.2, 0) is 0 Å². The Bertz CT molecular complexity index is 1180. The molecular formula is C16H11N5O2. The molecule has 2 aromatic carbocycles. The molecule has 2 heterocycles. The van der Waals surface area contributed by atoms with Crippen molar-refractivity contribution in [3.8, 4) is 11.1 Å². The van der Waals surface area contributed by atoms with Gasteiger partial charge in [-0.2, -0.15) is 0 Å². The lowest BCUT2D eigenvalue weighted by Crippen LogP contribution is -2.25. The molecule has 7 nitrogen and oxygen atoms in total. The van der Waals surface area contributed by atoms with Gasteiger partial charge in [-0.15, -0.1) is 0 Å². The zero-order chi connectivity index (χ0) is 16.0. The van der Waals surface area contributed by atoms with Crippen LogP contribution in [0.25, 0.3) is 32.9 Å². The summed E-state index contributed by atoms with van der Waals surface area (Å²) in [5, 5.41) is 1.67. The molecule has 0 aliphatic rings. The molecule has 4 N–H and O–H groups in total. The number of fused-ring (bicyclic) bond motifs is 3. The molecule has 112 valence electrons. The first-order chi connectivity index (χ1) is 11.1. The second-order valence-corrected chi connectivity index (χ2v) is 5.09. The molecule has 2 aromatic heterocycles. The number of anilines is 1. The van der Waals surface area contributed by atoms with Crippen LogP contribution in [0.2, 0.25) is 0 Å². The fourth-order valence-electron chi connectivity index (χ4n) is 2.78. The predicted molar refractivity (Wildman–Crippen MR) is 88.1 cm³/mol. The maximum absolute atomic E-state index is 12.2. The van der Waals surface area contributed by atoms with E-state index < -0.39 is 11.2 Å². The Morgan fingerprint density at radius 1 is 0.957 bits per heavy atom. The average molecular weight is 305 g/mol. The number of benzene rings is 2. The van der Waals surface area contributed by atoms with E-state index >= 15 is 0 Å². The number of nitrogens with one attached hydrogen (secondary N) is 2. The van der Waals surface area contributed by atoms with Gasteiger partial charge in [-0.3, -0.25) is 24.7 Å². The van der Waals surface area contributed by atoms with Gasteiger partial charge in [-0.05, 0) is 11.5 Å². The molecule has 0 spiro atoms. The van der Waals surface area contributed by atoms with Gasteiger partial charge in [0, 0.05) is 23.3 Å². The Kier molecular flexibility index (Phi) is 2.74. The first-order valence-corrected chi connectivity index (χ1v) is 6.90. The molecule has 0 radical (unpaired) electrons. The average Bonchev–Trinajstić information content (AvgIpc) is 2.54. The number of nitrogens with two attached hydrogens (primary N) is 1. The monoisotopic (exact) mass is 305 g/mol. The molecule has 0 unspecified atom stereocenters. The number of rotatable bonds is 1. The van der Waals surface area contributed by atoms with Crippen LogP contribution in [-0.4, -0.2) is 19.9 Å². The fraction of sp³-hybridized carbons (Fsp3) is 0. The number of aromatic amines is 2. The predicted octanol–water partition coefficient (Wildman–Crippen LogP) is 1.41. The first kappa shape index (κ1) is 13.2. The minimum absolute atomic E-state index is 0.0205. The van der Waals surface area contributed by atoms with Crippen molar-refractivity contribution >= 4 is 27.6 Å². The normalized spacial score (nSPS) is 11.1. The van der Waals surface area contributed by atoms with Crippen molar-refractivity contribution in [3.63, 3.8) is 0 Å². The first-order valence-electron chi connectivity index (χ1n) is 6.90. The summed E-state index contributed by atoms with van der Waals surface area (Å²) in [6.45, 7) is 0. The maximum Gasteiger partial charge on any atom is 0.327 e. The zero-order valence-electron chi connectivity index (χ0n) is 11.8. The van der Waals surface area contributed by atoms with Gasteiger partial charge in [0.1, 0.15) is 5.82 Å². The number of aromatic nitrogens is 4. The van der Waals surface area contributed by atoms with E-state index in [2.05, 4.69) is 19.9 Å². The van der Waals surface area contributed by atoms with E-state index in [1.807, 2.05) is 24.3 Å². The van der Waals surface area contributed by atoms with Gasteiger partial charge in [0.15, 0.2) is 0 Å². The van der Waals surface area contributed by atoms with Crippen LogP contribution < -0.4 is 17.0 Å². The van der Waals surface area contributed by atoms with E-state index in [4.69, 9.17) is 5.73 Å². The molecule has 23 heavy (non-hydrogen) atoms. The summed E-state index contributed by atoms with van der Waals surface area (Å²) < 4.78 is 0. The van der Waals surface area contributed by atoms with Crippen LogP contribution in [0.3, 0.4) is 0 Å². The van der Waals surface area contributed by atoms with Gasteiger partial charge < -0.3 is 5.73 Å². The van der Waals surface area contributed by atoms with E-state index in [-0.39, 0.29) is 11.4 Å². The molecule has 7 heteroatoms. The Morgan fingerprint density at radius 2 is 1.70 bits per heavy atom. The van der Waals surface area contributed by atoms with Crippen LogP contribution in [0.15, 0.2) is 52.3 Å². The lowest BCUT2D eigenvalue weighted by molar-refractivity contribution is 1.05. The molecule has 0 fully saturated rings. The topological polar surface area (TPSA) is 118 Å². The second-order valence-electron chi connectivity index (χ2n) is 5.09. The molecule has 0 amide bonds. The summed E-state index contributed by atoms with van der Waals surface area (Å²) >= 11 is 0. The van der Waals surface area contributed by atoms with E-state index in [1.54, 1.807) is 18.5 Å². The Balaban J connectivity index is 2.23. The minimum atomic E-state index is -0.638. The van der Waals surface area contributed by atoms with Crippen molar-refractivity contribution in [2.24, 2.45) is 0 Å². The van der Waals surface area contributed by atoms with Gasteiger partial charge in [0.25, 0.3) is 5.56 Å². The summed E-state index contributed by atoms with van der Waals surface area (Å²) in [4.78, 5) is 36.9. The minimum Gasteiger partial charge on any atom is -0.384 e. The van der Waals surface area contributed by atoms with Gasteiger partial charge in [0.2, 0.25) is 0 Å². The van der Waals surface area contributed by atoms with Crippen LogP contribution in [0.5, 0.6) is 0 Å². The van der Waals surface area contributed by atoms with Crippen molar-refractivity contribution < 1.29 is 0 Å². The number of H-pyrrole nitrogens is 2. The van der Waals surface area contributed by atoms with Gasteiger partial charge in [-0.1, -0.05) is 24.3 Å². The van der Waals surface area contributed by atoms with Crippen LogP contribution in [0.1, 0.15) is 0 Å². The Morgan fingerprint density at radius 3 is 2.48 bits per heavy atom. The summed E-state index contributed by atoms with van der Waals surface area (Å²) in [5.41, 5.74) is 6.90. The van der Waals surface area contributed by atoms with Crippen LogP contribution in [0, 0.1) is 0 Å². The number of nitrogen functional groups attached to an aromatic ring is 1. The molecule has 0 bridgehead atoms. The molecule has 4 aromatic rings. The summed E-state index contributed by atoms with van der Waals surface area (Å²) in [6, 6.07) is 9.30. The van der Waals surface area contributed by atoms with Crippen molar-refractivity contribution in [2.45, 2.75) is 0 Å².